The van der Waals surface area contributed by atoms with Crippen LogP contribution in [0, 0.1) is 16.0 Å². The summed E-state index contributed by atoms with van der Waals surface area (Å²) in [5.41, 5.74) is -2.02. The van der Waals surface area contributed by atoms with Crippen LogP contribution in [0.4, 0.5) is 4.79 Å². The van der Waals surface area contributed by atoms with Gasteiger partial charge in [-0.25, -0.2) is 9.59 Å². The second kappa shape index (κ2) is 9.70. The van der Waals surface area contributed by atoms with Crippen molar-refractivity contribution in [1.29, 1.82) is 0 Å². The molecule has 0 aromatic carbocycles. The van der Waals surface area contributed by atoms with E-state index in [0.29, 0.717) is 25.7 Å². The summed E-state index contributed by atoms with van der Waals surface area (Å²) >= 11 is 0. The summed E-state index contributed by atoms with van der Waals surface area (Å²) in [6, 6.07) is -1.20. The predicted molar refractivity (Wildman–Crippen MR) is 98.1 cm³/mol. The van der Waals surface area contributed by atoms with E-state index in [1.807, 2.05) is 0 Å². The van der Waals surface area contributed by atoms with E-state index in [9.17, 15) is 24.5 Å². The van der Waals surface area contributed by atoms with Crippen LogP contribution in [0.25, 0.3) is 0 Å². The predicted octanol–water partition coefficient (Wildman–Crippen LogP) is 2.21. The molecule has 0 aromatic rings. The Hall–Kier alpha value is -2.39. The molecule has 1 aliphatic carbocycles. The van der Waals surface area contributed by atoms with E-state index < -0.39 is 41.1 Å². The molecule has 0 spiro atoms. The van der Waals surface area contributed by atoms with Crippen LogP contribution in [0.5, 0.6) is 0 Å². The van der Waals surface area contributed by atoms with Crippen LogP contribution in [0.2, 0.25) is 0 Å². The van der Waals surface area contributed by atoms with Crippen molar-refractivity contribution < 1.29 is 33.5 Å². The molecule has 28 heavy (non-hydrogen) atoms. The third-order valence-corrected chi connectivity index (χ3v) is 4.78. The first-order chi connectivity index (χ1) is 12.9. The highest BCUT2D eigenvalue weighted by Gasteiger charge is 2.49. The zero-order valence-corrected chi connectivity index (χ0v) is 17.1. The van der Waals surface area contributed by atoms with Gasteiger partial charge in [-0.05, 0) is 40.0 Å². The lowest BCUT2D eigenvalue weighted by atomic mass is 9.83. The van der Waals surface area contributed by atoms with Crippen molar-refractivity contribution in [3.63, 3.8) is 0 Å². The van der Waals surface area contributed by atoms with Crippen LogP contribution >= 0.6 is 0 Å². The van der Waals surface area contributed by atoms with Gasteiger partial charge in [0, 0.05) is 24.2 Å². The zero-order chi connectivity index (χ0) is 21.5. The molecule has 1 aliphatic rings. The van der Waals surface area contributed by atoms with E-state index in [2.05, 4.69) is 5.32 Å². The number of methoxy groups -OCH3 is 2. The Morgan fingerprint density at radius 3 is 2.07 bits per heavy atom. The van der Waals surface area contributed by atoms with Gasteiger partial charge in [0.05, 0.1) is 20.1 Å². The first kappa shape index (κ1) is 23.6. The minimum absolute atomic E-state index is 0.0732. The van der Waals surface area contributed by atoms with Crippen molar-refractivity contribution in [2.24, 2.45) is 5.92 Å². The number of nitrogens with one attached hydrogen (secondary N) is 1. The number of nitro groups is 1. The molecular formula is C18H30N2O8. The number of ether oxygens (including phenoxy) is 3. The van der Waals surface area contributed by atoms with Gasteiger partial charge in [0.2, 0.25) is 5.54 Å². The van der Waals surface area contributed by atoms with Gasteiger partial charge in [-0.2, -0.15) is 0 Å². The number of hydrogen-bond acceptors (Lipinski definition) is 8. The molecule has 1 N–H and O–H groups in total. The molecule has 0 heterocycles. The normalized spacial score (nSPS) is 17.9. The third-order valence-electron chi connectivity index (χ3n) is 4.78. The topological polar surface area (TPSA) is 134 Å². The molecule has 0 aromatic heterocycles. The Morgan fingerprint density at radius 1 is 1.11 bits per heavy atom. The molecule has 10 heteroatoms. The third kappa shape index (κ3) is 6.65. The summed E-state index contributed by atoms with van der Waals surface area (Å²) in [5.74, 6) is -2.40. The van der Waals surface area contributed by atoms with E-state index in [-0.39, 0.29) is 17.8 Å². The summed E-state index contributed by atoms with van der Waals surface area (Å²) in [6.07, 6.45) is 1.00. The maximum Gasteiger partial charge on any atom is 0.408 e. The molecule has 10 nitrogen and oxygen atoms in total. The fraction of sp³-hybridized carbons (Fsp3) is 0.833. The molecule has 0 bridgehead atoms. The lowest BCUT2D eigenvalue weighted by molar-refractivity contribution is -0.570. The summed E-state index contributed by atoms with van der Waals surface area (Å²) in [7, 11) is 2.33. The molecule has 1 fully saturated rings. The maximum atomic E-state index is 12.3. The number of carbonyl (C=O) groups is 3. The lowest BCUT2D eigenvalue weighted by Gasteiger charge is -2.27. The summed E-state index contributed by atoms with van der Waals surface area (Å²) in [4.78, 5) is 47.8. The van der Waals surface area contributed by atoms with Crippen LogP contribution in [0.3, 0.4) is 0 Å². The summed E-state index contributed by atoms with van der Waals surface area (Å²) < 4.78 is 14.6. The molecule has 1 rings (SSSR count). The van der Waals surface area contributed by atoms with Gasteiger partial charge in [0.1, 0.15) is 11.6 Å². The van der Waals surface area contributed by atoms with Crippen molar-refractivity contribution in [2.75, 3.05) is 14.2 Å². The highest BCUT2D eigenvalue weighted by atomic mass is 16.6. The van der Waals surface area contributed by atoms with Gasteiger partial charge < -0.3 is 19.5 Å². The minimum atomic E-state index is -1.23. The zero-order valence-electron chi connectivity index (χ0n) is 17.1. The largest absolute Gasteiger partial charge is 0.469 e. The molecule has 0 saturated heterocycles. The Labute approximate surface area is 164 Å². The highest BCUT2D eigenvalue weighted by molar-refractivity contribution is 5.82. The first-order valence-electron chi connectivity index (χ1n) is 9.24. The second-order valence-corrected chi connectivity index (χ2v) is 8.07. The van der Waals surface area contributed by atoms with E-state index in [1.165, 1.54) is 7.11 Å². The van der Waals surface area contributed by atoms with Gasteiger partial charge in [0.15, 0.2) is 0 Å². The maximum absolute atomic E-state index is 12.3. The Balaban J connectivity index is 3.00. The number of carbonyl (C=O) groups excluding carboxylic acids is 3. The average molecular weight is 402 g/mol. The molecular weight excluding hydrogens is 372 g/mol. The Morgan fingerprint density at radius 2 is 1.64 bits per heavy atom. The number of esters is 2. The van der Waals surface area contributed by atoms with Crippen LogP contribution < -0.4 is 5.32 Å². The van der Waals surface area contributed by atoms with Crippen molar-refractivity contribution >= 4 is 18.0 Å². The number of amides is 1. The number of rotatable bonds is 8. The molecule has 0 aliphatic heterocycles. The van der Waals surface area contributed by atoms with Crippen molar-refractivity contribution in [2.45, 2.75) is 76.5 Å². The number of hydrogen-bond donors (Lipinski definition) is 1. The van der Waals surface area contributed by atoms with Crippen LogP contribution in [-0.4, -0.2) is 54.4 Å². The molecule has 0 radical (unpaired) electrons. The van der Waals surface area contributed by atoms with Gasteiger partial charge >= 0.3 is 18.0 Å². The van der Waals surface area contributed by atoms with E-state index in [1.54, 1.807) is 20.8 Å². The van der Waals surface area contributed by atoms with Crippen LogP contribution in [0.1, 0.15) is 59.3 Å². The monoisotopic (exact) mass is 402 g/mol. The SMILES string of the molecule is COC(=O)C(CC(NC(=O)OC(C)(C)C)C(=O)OC)CC1([N+](=O)[O-])CCCC1. The van der Waals surface area contributed by atoms with E-state index >= 15 is 0 Å². The lowest BCUT2D eigenvalue weighted by Crippen LogP contribution is -2.47. The molecule has 1 amide bonds. The summed E-state index contributed by atoms with van der Waals surface area (Å²) in [6.45, 7) is 4.99. The van der Waals surface area contributed by atoms with Crippen molar-refractivity contribution in [3.05, 3.63) is 10.1 Å². The molecule has 1 saturated carbocycles. The quantitative estimate of drug-likeness (QED) is 0.283. The Kier molecular flexibility index (Phi) is 8.19. The first-order valence-corrected chi connectivity index (χ1v) is 9.24. The minimum Gasteiger partial charge on any atom is -0.469 e. The molecule has 2 atom stereocenters. The van der Waals surface area contributed by atoms with Gasteiger partial charge in [-0.1, -0.05) is 0 Å². The number of nitrogens with zero attached hydrogens (tertiary/aromatic N) is 1. The van der Waals surface area contributed by atoms with Crippen LogP contribution in [0.15, 0.2) is 0 Å². The Bertz CT molecular complexity index is 593. The standard InChI is InChI=1S/C18H30N2O8/c1-17(2,3)28-16(23)19-13(15(22)27-5)10-12(14(21)26-4)11-18(20(24)25)8-6-7-9-18/h12-13H,6-11H2,1-5H3,(H,19,23). The highest BCUT2D eigenvalue weighted by Crippen LogP contribution is 2.39. The smallest absolute Gasteiger partial charge is 0.408 e. The fourth-order valence-electron chi connectivity index (χ4n) is 3.47. The van der Waals surface area contributed by atoms with Crippen LogP contribution in [-0.2, 0) is 23.8 Å². The van der Waals surface area contributed by atoms with Gasteiger partial charge in [0.25, 0.3) is 0 Å². The van der Waals surface area contributed by atoms with Crippen molar-refractivity contribution in [3.8, 4) is 0 Å². The van der Waals surface area contributed by atoms with Gasteiger partial charge in [-0.15, -0.1) is 0 Å². The average Bonchev–Trinajstić information content (AvgIpc) is 3.07. The molecule has 2 unspecified atom stereocenters. The van der Waals surface area contributed by atoms with Crippen molar-refractivity contribution in [1.82, 2.24) is 5.32 Å². The van der Waals surface area contributed by atoms with E-state index in [0.717, 1.165) is 7.11 Å². The van der Waals surface area contributed by atoms with Gasteiger partial charge in [-0.3, -0.25) is 14.9 Å². The van der Waals surface area contributed by atoms with E-state index in [4.69, 9.17) is 14.2 Å². The summed E-state index contributed by atoms with van der Waals surface area (Å²) in [5, 5.41) is 14.0. The number of alkyl carbamates (subject to hydrolysis) is 1. The second-order valence-electron chi connectivity index (χ2n) is 8.07. The fourth-order valence-corrected chi connectivity index (χ4v) is 3.47. The molecule has 160 valence electrons.